The Bertz CT molecular complexity index is 180. The fourth-order valence-corrected chi connectivity index (χ4v) is 2.95. The molecule has 1 fully saturated rings. The van der Waals surface area contributed by atoms with E-state index in [2.05, 4.69) is 19.2 Å². The Morgan fingerprint density at radius 2 is 1.82 bits per heavy atom. The molecule has 1 aliphatic carbocycles. The molecule has 0 aromatic heterocycles. The molecule has 0 bridgehead atoms. The van der Waals surface area contributed by atoms with Crippen LogP contribution in [0.15, 0.2) is 0 Å². The second kappa shape index (κ2) is 8.93. The summed E-state index contributed by atoms with van der Waals surface area (Å²) in [5.41, 5.74) is 5.85. The van der Waals surface area contributed by atoms with Gasteiger partial charge in [0.15, 0.2) is 0 Å². The molecule has 0 radical (unpaired) electrons. The molecule has 3 N–H and O–H groups in total. The van der Waals surface area contributed by atoms with Crippen LogP contribution in [0.5, 0.6) is 0 Å². The van der Waals surface area contributed by atoms with Crippen molar-refractivity contribution in [2.45, 2.75) is 58.8 Å². The van der Waals surface area contributed by atoms with Gasteiger partial charge in [0, 0.05) is 0 Å². The topological polar surface area (TPSA) is 38.0 Å². The lowest BCUT2D eigenvalue weighted by molar-refractivity contribution is 0.236. The molecular weight excluding hydrogens is 208 g/mol. The minimum absolute atomic E-state index is 0.784. The first-order chi connectivity index (χ1) is 8.24. The first-order valence-electron chi connectivity index (χ1n) is 7.64. The van der Waals surface area contributed by atoms with E-state index < -0.39 is 0 Å². The molecule has 1 aliphatic rings. The predicted molar refractivity (Wildman–Crippen MR) is 76.1 cm³/mol. The van der Waals surface area contributed by atoms with Gasteiger partial charge in [0.05, 0.1) is 0 Å². The molecule has 0 aromatic carbocycles. The molecule has 2 heteroatoms. The van der Waals surface area contributed by atoms with Crippen LogP contribution >= 0.6 is 0 Å². The number of nitrogens with two attached hydrogens (primary N) is 1. The molecule has 2 atom stereocenters. The van der Waals surface area contributed by atoms with E-state index in [-0.39, 0.29) is 0 Å². The summed E-state index contributed by atoms with van der Waals surface area (Å²) in [7, 11) is 0. The smallest absolute Gasteiger partial charge is 0.00174 e. The summed E-state index contributed by atoms with van der Waals surface area (Å²) in [6, 6.07) is 0. The standard InChI is InChI=1S/C15H32N2/c1-13(2)7-5-6-10-17-12-15-9-4-3-8-14(15)11-16/h13-15,17H,3-12,16H2,1-2H3. The highest BCUT2D eigenvalue weighted by Gasteiger charge is 2.23. The Kier molecular flexibility index (Phi) is 7.87. The third kappa shape index (κ3) is 6.42. The highest BCUT2D eigenvalue weighted by molar-refractivity contribution is 4.77. The van der Waals surface area contributed by atoms with Crippen LogP contribution in [0.3, 0.4) is 0 Å². The van der Waals surface area contributed by atoms with Gasteiger partial charge in [0.1, 0.15) is 0 Å². The van der Waals surface area contributed by atoms with E-state index in [4.69, 9.17) is 5.73 Å². The van der Waals surface area contributed by atoms with E-state index in [0.717, 1.165) is 24.3 Å². The van der Waals surface area contributed by atoms with Crippen molar-refractivity contribution in [2.24, 2.45) is 23.5 Å². The Labute approximate surface area is 108 Å². The van der Waals surface area contributed by atoms with Crippen molar-refractivity contribution in [3.63, 3.8) is 0 Å². The van der Waals surface area contributed by atoms with Gasteiger partial charge in [0.2, 0.25) is 0 Å². The van der Waals surface area contributed by atoms with Crippen LogP contribution in [-0.4, -0.2) is 19.6 Å². The average Bonchev–Trinajstić information content (AvgIpc) is 2.33. The monoisotopic (exact) mass is 240 g/mol. The number of rotatable bonds is 8. The quantitative estimate of drug-likeness (QED) is 0.640. The average molecular weight is 240 g/mol. The van der Waals surface area contributed by atoms with Gasteiger partial charge in [-0.2, -0.15) is 0 Å². The molecular formula is C15H32N2. The third-order valence-electron chi connectivity index (χ3n) is 4.16. The molecule has 1 saturated carbocycles. The molecule has 0 aromatic rings. The minimum atomic E-state index is 0.784. The van der Waals surface area contributed by atoms with Gasteiger partial charge < -0.3 is 11.1 Å². The van der Waals surface area contributed by atoms with Crippen LogP contribution < -0.4 is 11.1 Å². The van der Waals surface area contributed by atoms with Crippen LogP contribution in [0.25, 0.3) is 0 Å². The fourth-order valence-electron chi connectivity index (χ4n) is 2.95. The van der Waals surface area contributed by atoms with E-state index >= 15 is 0 Å². The zero-order valence-electron chi connectivity index (χ0n) is 11.9. The third-order valence-corrected chi connectivity index (χ3v) is 4.16. The van der Waals surface area contributed by atoms with Crippen LogP contribution in [0.4, 0.5) is 0 Å². The zero-order valence-corrected chi connectivity index (χ0v) is 11.9. The lowest BCUT2D eigenvalue weighted by atomic mass is 9.79. The second-order valence-corrected chi connectivity index (χ2v) is 6.13. The number of hydrogen-bond donors (Lipinski definition) is 2. The van der Waals surface area contributed by atoms with Gasteiger partial charge in [-0.05, 0) is 56.7 Å². The summed E-state index contributed by atoms with van der Waals surface area (Å²) in [6.45, 7) is 7.90. The summed E-state index contributed by atoms with van der Waals surface area (Å²) in [6.07, 6.45) is 9.63. The number of hydrogen-bond acceptors (Lipinski definition) is 2. The van der Waals surface area contributed by atoms with Crippen LogP contribution in [0.1, 0.15) is 58.8 Å². The summed E-state index contributed by atoms with van der Waals surface area (Å²) >= 11 is 0. The molecule has 1 rings (SSSR count). The summed E-state index contributed by atoms with van der Waals surface area (Å²) in [5.74, 6) is 2.49. The molecule has 2 nitrogen and oxygen atoms in total. The van der Waals surface area contributed by atoms with E-state index in [1.807, 2.05) is 0 Å². The van der Waals surface area contributed by atoms with Crippen LogP contribution in [0, 0.1) is 17.8 Å². The van der Waals surface area contributed by atoms with Crippen molar-refractivity contribution in [3.8, 4) is 0 Å². The molecule has 17 heavy (non-hydrogen) atoms. The largest absolute Gasteiger partial charge is 0.330 e. The Balaban J connectivity index is 2.01. The minimum Gasteiger partial charge on any atom is -0.330 e. The molecule has 0 saturated heterocycles. The maximum absolute atomic E-state index is 5.85. The highest BCUT2D eigenvalue weighted by Crippen LogP contribution is 2.28. The second-order valence-electron chi connectivity index (χ2n) is 6.13. The molecule has 0 heterocycles. The van der Waals surface area contributed by atoms with Gasteiger partial charge in [-0.3, -0.25) is 0 Å². The summed E-state index contributed by atoms with van der Waals surface area (Å²) < 4.78 is 0. The van der Waals surface area contributed by atoms with E-state index in [1.54, 1.807) is 0 Å². The van der Waals surface area contributed by atoms with Crippen LogP contribution in [-0.2, 0) is 0 Å². The van der Waals surface area contributed by atoms with Crippen molar-refractivity contribution in [1.29, 1.82) is 0 Å². The number of nitrogens with one attached hydrogen (secondary N) is 1. The van der Waals surface area contributed by atoms with Crippen LogP contribution in [0.2, 0.25) is 0 Å². The molecule has 0 spiro atoms. The lowest BCUT2D eigenvalue weighted by Crippen LogP contribution is -2.34. The maximum Gasteiger partial charge on any atom is -0.00174 e. The van der Waals surface area contributed by atoms with Gasteiger partial charge >= 0.3 is 0 Å². The Hall–Kier alpha value is -0.0800. The summed E-state index contributed by atoms with van der Waals surface area (Å²) in [5, 5.41) is 3.64. The van der Waals surface area contributed by atoms with Crippen molar-refractivity contribution in [3.05, 3.63) is 0 Å². The summed E-state index contributed by atoms with van der Waals surface area (Å²) in [4.78, 5) is 0. The highest BCUT2D eigenvalue weighted by atomic mass is 14.9. The molecule has 0 aliphatic heterocycles. The van der Waals surface area contributed by atoms with Crippen molar-refractivity contribution in [2.75, 3.05) is 19.6 Å². The maximum atomic E-state index is 5.85. The lowest BCUT2D eigenvalue weighted by Gasteiger charge is -2.30. The van der Waals surface area contributed by atoms with Crippen molar-refractivity contribution >= 4 is 0 Å². The van der Waals surface area contributed by atoms with Crippen molar-refractivity contribution < 1.29 is 0 Å². The molecule has 2 unspecified atom stereocenters. The normalized spacial score (nSPS) is 25.4. The van der Waals surface area contributed by atoms with Gasteiger partial charge in [0.25, 0.3) is 0 Å². The fraction of sp³-hybridized carbons (Fsp3) is 1.00. The molecule has 0 amide bonds. The van der Waals surface area contributed by atoms with E-state index in [9.17, 15) is 0 Å². The Morgan fingerprint density at radius 3 is 2.47 bits per heavy atom. The van der Waals surface area contributed by atoms with E-state index in [0.29, 0.717) is 0 Å². The van der Waals surface area contributed by atoms with E-state index in [1.165, 1.54) is 58.0 Å². The van der Waals surface area contributed by atoms with Gasteiger partial charge in [-0.25, -0.2) is 0 Å². The van der Waals surface area contributed by atoms with Crippen molar-refractivity contribution in [1.82, 2.24) is 5.32 Å². The predicted octanol–water partition coefficient (Wildman–Crippen LogP) is 3.17. The van der Waals surface area contributed by atoms with Gasteiger partial charge in [-0.1, -0.05) is 39.5 Å². The number of unbranched alkanes of at least 4 members (excludes halogenated alkanes) is 1. The SMILES string of the molecule is CC(C)CCCCNCC1CCCCC1CN. The zero-order chi connectivity index (χ0) is 12.5. The first kappa shape index (κ1) is 15.0. The molecule has 102 valence electrons. The Morgan fingerprint density at radius 1 is 1.12 bits per heavy atom. The van der Waals surface area contributed by atoms with Gasteiger partial charge in [-0.15, -0.1) is 0 Å². The first-order valence-corrected chi connectivity index (χ1v) is 7.64.